The summed E-state index contributed by atoms with van der Waals surface area (Å²) in [5.41, 5.74) is 0. The molecule has 0 aliphatic carbocycles. The summed E-state index contributed by atoms with van der Waals surface area (Å²) < 4.78 is 29.4. The summed E-state index contributed by atoms with van der Waals surface area (Å²) in [6.07, 6.45) is 8.36. The first-order valence-electron chi connectivity index (χ1n) is 8.21. The molecule has 7 nitrogen and oxygen atoms in total. The average Bonchev–Trinajstić information content (AvgIpc) is 2.47. The number of aliphatic hydroxyl groups is 1. The number of carbonyl (C=O) groups excluding carboxylic acids is 1. The molecule has 0 saturated heterocycles. The van der Waals surface area contributed by atoms with Crippen LogP contribution in [0.4, 0.5) is 0 Å². The fourth-order valence-corrected chi connectivity index (χ4v) is 2.27. The normalized spacial score (nSPS) is 11.8. The van der Waals surface area contributed by atoms with Gasteiger partial charge < -0.3 is 24.9 Å². The first kappa shape index (κ1) is 29.7. The van der Waals surface area contributed by atoms with Crippen LogP contribution in [0.5, 0.6) is 0 Å². The first-order chi connectivity index (χ1) is 10.7. The molecule has 0 spiro atoms. The molecular formula is C15H31KNO6S-. The van der Waals surface area contributed by atoms with Gasteiger partial charge in [0.05, 0.1) is 27.9 Å². The molecule has 0 aliphatic rings. The van der Waals surface area contributed by atoms with Crippen molar-refractivity contribution in [2.45, 2.75) is 70.8 Å². The maximum atomic E-state index is 10.2. The van der Waals surface area contributed by atoms with E-state index in [9.17, 15) is 22.9 Å². The van der Waals surface area contributed by atoms with Gasteiger partial charge in [0.1, 0.15) is 0 Å². The zero-order valence-corrected chi connectivity index (χ0v) is 19.2. The number of carbonyl (C=O) groups is 1. The molecule has 0 saturated carbocycles. The molecule has 0 bridgehead atoms. The van der Waals surface area contributed by atoms with Crippen molar-refractivity contribution >= 4 is 16.1 Å². The predicted molar refractivity (Wildman–Crippen MR) is 86.7 cm³/mol. The van der Waals surface area contributed by atoms with Crippen molar-refractivity contribution in [2.24, 2.45) is 0 Å². The molecule has 1 atom stereocenters. The van der Waals surface area contributed by atoms with E-state index in [0.717, 1.165) is 19.3 Å². The minimum absolute atomic E-state index is 0. The second-order valence-corrected chi connectivity index (χ2v) is 6.99. The van der Waals surface area contributed by atoms with E-state index in [1.54, 1.807) is 7.05 Å². The van der Waals surface area contributed by atoms with Crippen molar-refractivity contribution in [2.75, 3.05) is 19.3 Å². The van der Waals surface area contributed by atoms with Gasteiger partial charge in [0.25, 0.3) is 0 Å². The van der Waals surface area contributed by atoms with Crippen LogP contribution >= 0.6 is 0 Å². The van der Waals surface area contributed by atoms with E-state index in [-0.39, 0.29) is 63.7 Å². The van der Waals surface area contributed by atoms with Crippen LogP contribution in [-0.2, 0) is 14.9 Å². The third-order valence-electron chi connectivity index (χ3n) is 3.21. The Balaban J connectivity index is -0.000000419. The smallest absolute Gasteiger partial charge is 0.748 e. The second kappa shape index (κ2) is 20.3. The van der Waals surface area contributed by atoms with Gasteiger partial charge in [-0.1, -0.05) is 58.3 Å². The molecule has 0 aromatic carbocycles. The maximum absolute atomic E-state index is 10.2. The number of aliphatic carboxylic acids is 1. The van der Waals surface area contributed by atoms with Crippen LogP contribution < -0.4 is 61.8 Å². The standard InChI is InChI=1S/C12H24O3.C3H9NO3S.K/c1-2-3-4-5-6-7-8-9-10-11(13)12(14)15;1-4-2-3-8(5,6)7;/h11,13H,2-10H2,1H3,(H,14,15);4H,2-3H2,1H3,(H,5,6,7);/q;;+1/p-2. The molecule has 0 aliphatic heterocycles. The summed E-state index contributed by atoms with van der Waals surface area (Å²) in [7, 11) is -2.41. The van der Waals surface area contributed by atoms with E-state index in [1.165, 1.54) is 32.1 Å². The quantitative estimate of drug-likeness (QED) is 0.199. The van der Waals surface area contributed by atoms with E-state index in [1.807, 2.05) is 0 Å². The molecular weight excluding hydrogens is 361 g/mol. The minimum atomic E-state index is -4.00. The van der Waals surface area contributed by atoms with Crippen molar-refractivity contribution in [3.8, 4) is 0 Å². The van der Waals surface area contributed by atoms with Crippen LogP contribution in [0, 0.1) is 0 Å². The Bertz CT molecular complexity index is 378. The average molecular weight is 393 g/mol. The van der Waals surface area contributed by atoms with Gasteiger partial charge in [0, 0.05) is 6.54 Å². The van der Waals surface area contributed by atoms with Gasteiger partial charge in [-0.15, -0.1) is 0 Å². The van der Waals surface area contributed by atoms with Gasteiger partial charge in [-0.2, -0.15) is 0 Å². The minimum Gasteiger partial charge on any atom is -0.748 e. The van der Waals surface area contributed by atoms with Gasteiger partial charge in [-0.05, 0) is 13.5 Å². The zero-order chi connectivity index (χ0) is 18.1. The Morgan fingerprint density at radius 2 is 1.54 bits per heavy atom. The van der Waals surface area contributed by atoms with Gasteiger partial charge in [-0.25, -0.2) is 8.42 Å². The van der Waals surface area contributed by atoms with Crippen molar-refractivity contribution < 1.29 is 79.4 Å². The number of carboxylic acids is 1. The van der Waals surface area contributed by atoms with Crippen molar-refractivity contribution in [1.82, 2.24) is 5.32 Å². The summed E-state index contributed by atoms with van der Waals surface area (Å²) in [5.74, 6) is -1.68. The van der Waals surface area contributed by atoms with Gasteiger partial charge in [0.2, 0.25) is 0 Å². The van der Waals surface area contributed by atoms with E-state index >= 15 is 0 Å². The Hall–Kier alpha value is 0.936. The van der Waals surface area contributed by atoms with E-state index in [0.29, 0.717) is 6.42 Å². The fourth-order valence-electron chi connectivity index (χ4n) is 1.82. The monoisotopic (exact) mass is 392 g/mol. The van der Waals surface area contributed by atoms with Crippen molar-refractivity contribution in [3.05, 3.63) is 0 Å². The number of carboxylic acid groups (broad SMARTS) is 1. The number of rotatable bonds is 13. The molecule has 0 fully saturated rings. The Kier molecular flexibility index (Phi) is 25.1. The second-order valence-electron chi connectivity index (χ2n) is 5.46. The largest absolute Gasteiger partial charge is 1.00 e. The zero-order valence-electron chi connectivity index (χ0n) is 15.3. The molecule has 0 amide bonds. The van der Waals surface area contributed by atoms with Gasteiger partial charge >= 0.3 is 51.4 Å². The van der Waals surface area contributed by atoms with E-state index < -0.39 is 22.2 Å². The van der Waals surface area contributed by atoms with Crippen LogP contribution in [0.1, 0.15) is 64.7 Å². The predicted octanol–water partition coefficient (Wildman–Crippen LogP) is -2.62. The van der Waals surface area contributed by atoms with Crippen LogP contribution in [0.15, 0.2) is 0 Å². The van der Waals surface area contributed by atoms with Gasteiger partial charge in [-0.3, -0.25) is 0 Å². The molecule has 140 valence electrons. The van der Waals surface area contributed by atoms with Crippen molar-refractivity contribution in [3.63, 3.8) is 0 Å². The SMILES string of the molecule is CCCCCCCCCCC(O)C(=O)[O-].CNCCS(=O)(=O)[O-].[K+]. The number of hydrogen-bond acceptors (Lipinski definition) is 7. The van der Waals surface area contributed by atoms with E-state index in [4.69, 9.17) is 5.11 Å². The van der Waals surface area contributed by atoms with Crippen molar-refractivity contribution in [1.29, 1.82) is 0 Å². The van der Waals surface area contributed by atoms with Crippen LogP contribution in [0.25, 0.3) is 0 Å². The Labute approximate surface area is 189 Å². The van der Waals surface area contributed by atoms with Crippen LogP contribution in [0.3, 0.4) is 0 Å². The summed E-state index contributed by atoms with van der Waals surface area (Å²) >= 11 is 0. The maximum Gasteiger partial charge on any atom is 1.00 e. The molecule has 9 heteroatoms. The number of aliphatic hydroxyl groups excluding tert-OH is 1. The van der Waals surface area contributed by atoms with E-state index in [2.05, 4.69) is 12.2 Å². The molecule has 2 N–H and O–H groups in total. The fraction of sp³-hybridized carbons (Fsp3) is 0.933. The summed E-state index contributed by atoms with van der Waals surface area (Å²) in [4.78, 5) is 10.2. The first-order valence-corrected chi connectivity index (χ1v) is 9.79. The molecule has 0 radical (unpaired) electrons. The summed E-state index contributed by atoms with van der Waals surface area (Å²) in [6, 6.07) is 0. The molecule has 0 rings (SSSR count). The third kappa shape index (κ3) is 27.8. The molecule has 0 heterocycles. The number of hydrogen-bond donors (Lipinski definition) is 2. The van der Waals surface area contributed by atoms with Gasteiger partial charge in [0.15, 0.2) is 0 Å². The molecule has 1 unspecified atom stereocenters. The topological polar surface area (TPSA) is 130 Å². The third-order valence-corrected chi connectivity index (χ3v) is 3.91. The number of nitrogens with one attached hydrogen (secondary N) is 1. The Morgan fingerprint density at radius 3 is 1.88 bits per heavy atom. The summed E-state index contributed by atoms with van der Waals surface area (Å²) in [5, 5.41) is 21.7. The molecule has 0 aromatic heterocycles. The van der Waals surface area contributed by atoms with Crippen LogP contribution in [0.2, 0.25) is 0 Å². The summed E-state index contributed by atoms with van der Waals surface area (Å²) in [6.45, 7) is 2.42. The Morgan fingerprint density at radius 1 is 1.08 bits per heavy atom. The molecule has 0 aromatic rings. The van der Waals surface area contributed by atoms with Crippen LogP contribution in [-0.4, -0.2) is 49.5 Å². The molecule has 24 heavy (non-hydrogen) atoms. The number of unbranched alkanes of at least 4 members (excludes halogenated alkanes) is 7.